The number of aromatic nitrogens is 1. The Kier molecular flexibility index (Phi) is 7.00. The van der Waals surface area contributed by atoms with E-state index in [1.165, 1.54) is 18.2 Å². The number of nitrogens with one attached hydrogen (secondary N) is 1. The Labute approximate surface area is 213 Å². The number of nitriles is 1. The molecule has 0 saturated carbocycles. The van der Waals surface area contributed by atoms with Crippen molar-refractivity contribution in [3.63, 3.8) is 0 Å². The van der Waals surface area contributed by atoms with Gasteiger partial charge in [0, 0.05) is 25.0 Å². The smallest absolute Gasteiger partial charge is 0.257 e. The third-order valence-corrected chi connectivity index (χ3v) is 7.71. The zero-order valence-corrected chi connectivity index (χ0v) is 20.9. The maximum atomic E-state index is 13.6. The van der Waals surface area contributed by atoms with Gasteiger partial charge in [-0.25, -0.2) is 22.9 Å². The predicted octanol–water partition coefficient (Wildman–Crippen LogP) is 4.27. The number of carbonyl (C=O) groups is 1. The minimum absolute atomic E-state index is 0.00409. The second-order valence-corrected chi connectivity index (χ2v) is 10.5. The van der Waals surface area contributed by atoms with Crippen LogP contribution in [0.5, 0.6) is 0 Å². The molecule has 0 unspecified atom stereocenters. The largest absolute Gasteiger partial charge is 0.353 e. The zero-order valence-electron chi connectivity index (χ0n) is 19.3. The van der Waals surface area contributed by atoms with Crippen LogP contribution in [0.4, 0.5) is 15.8 Å². The summed E-state index contributed by atoms with van der Waals surface area (Å²) < 4.78 is 37.6. The maximum absolute atomic E-state index is 13.6. The van der Waals surface area contributed by atoms with E-state index in [2.05, 4.69) is 16.4 Å². The van der Waals surface area contributed by atoms with Crippen LogP contribution in [0.1, 0.15) is 34.3 Å². The quantitative estimate of drug-likeness (QED) is 0.509. The number of amides is 1. The van der Waals surface area contributed by atoms with Crippen LogP contribution in [0.2, 0.25) is 5.02 Å². The highest BCUT2D eigenvalue weighted by Gasteiger charge is 2.38. The molecule has 186 valence electrons. The van der Waals surface area contributed by atoms with Crippen molar-refractivity contribution in [1.82, 2.24) is 9.88 Å². The van der Waals surface area contributed by atoms with E-state index < -0.39 is 32.2 Å². The highest BCUT2D eigenvalue weighted by atomic mass is 35.5. The molecule has 1 fully saturated rings. The van der Waals surface area contributed by atoms with Crippen LogP contribution >= 0.6 is 11.6 Å². The molecule has 11 heteroatoms. The average molecular weight is 528 g/mol. The van der Waals surface area contributed by atoms with Crippen molar-refractivity contribution >= 4 is 38.9 Å². The van der Waals surface area contributed by atoms with Gasteiger partial charge in [-0.2, -0.15) is 5.26 Å². The Balaban J connectivity index is 1.69. The Morgan fingerprint density at radius 2 is 1.89 bits per heavy atom. The van der Waals surface area contributed by atoms with Gasteiger partial charge in [0.25, 0.3) is 15.9 Å². The third kappa shape index (κ3) is 4.91. The number of sulfonamides is 1. The standard InChI is InChI=1S/C25H23ClFN5O3S/c1-16-13-18(27)7-8-20(16)31-22-19(14-30-23(21(22)26)36(29,34)35)24(33)32-11-9-25(15-28,10-12-32)17-5-3-2-4-6-17/h2-8,13-14H,9-12H2,1H3,(H,30,31)(H2,29,34,35). The fraction of sp³-hybridized carbons (Fsp3) is 0.240. The number of hydrogen-bond acceptors (Lipinski definition) is 6. The molecule has 1 aromatic heterocycles. The number of primary sulfonamides is 1. The van der Waals surface area contributed by atoms with Gasteiger partial charge >= 0.3 is 0 Å². The van der Waals surface area contributed by atoms with Gasteiger partial charge in [-0.3, -0.25) is 4.79 Å². The van der Waals surface area contributed by atoms with Crippen LogP contribution in [0.25, 0.3) is 0 Å². The number of pyridine rings is 1. The lowest BCUT2D eigenvalue weighted by Crippen LogP contribution is -2.44. The monoisotopic (exact) mass is 527 g/mol. The molecular weight excluding hydrogens is 505 g/mol. The van der Waals surface area contributed by atoms with Gasteiger partial charge in [0.05, 0.1) is 22.7 Å². The average Bonchev–Trinajstić information content (AvgIpc) is 2.86. The van der Waals surface area contributed by atoms with E-state index in [0.717, 1.165) is 11.8 Å². The lowest BCUT2D eigenvalue weighted by Gasteiger charge is -2.38. The SMILES string of the molecule is Cc1cc(F)ccc1Nc1c(C(=O)N2CCC(C#N)(c3ccccc3)CC2)cnc(S(N)(=O)=O)c1Cl. The first-order chi connectivity index (χ1) is 17.1. The van der Waals surface area contributed by atoms with Gasteiger partial charge in [-0.15, -0.1) is 0 Å². The number of nitrogens with two attached hydrogens (primary N) is 1. The Bertz CT molecular complexity index is 1470. The molecule has 0 radical (unpaired) electrons. The summed E-state index contributed by atoms with van der Waals surface area (Å²) in [5, 5.41) is 17.2. The van der Waals surface area contributed by atoms with Crippen molar-refractivity contribution in [2.45, 2.75) is 30.2 Å². The molecule has 3 aromatic rings. The minimum Gasteiger partial charge on any atom is -0.353 e. The van der Waals surface area contributed by atoms with Crippen molar-refractivity contribution in [2.75, 3.05) is 18.4 Å². The van der Waals surface area contributed by atoms with Gasteiger partial charge in [-0.1, -0.05) is 41.9 Å². The van der Waals surface area contributed by atoms with E-state index in [4.69, 9.17) is 16.7 Å². The lowest BCUT2D eigenvalue weighted by atomic mass is 9.74. The van der Waals surface area contributed by atoms with Crippen molar-refractivity contribution in [3.8, 4) is 6.07 Å². The number of benzene rings is 2. The van der Waals surface area contributed by atoms with Gasteiger partial charge in [0.2, 0.25) is 0 Å². The van der Waals surface area contributed by atoms with Crippen molar-refractivity contribution in [2.24, 2.45) is 5.14 Å². The van der Waals surface area contributed by atoms with Crippen molar-refractivity contribution < 1.29 is 17.6 Å². The zero-order chi connectivity index (χ0) is 26.1. The van der Waals surface area contributed by atoms with Gasteiger partial charge in [0.1, 0.15) is 10.8 Å². The molecule has 2 aromatic carbocycles. The predicted molar refractivity (Wildman–Crippen MR) is 134 cm³/mol. The second-order valence-electron chi connectivity index (χ2n) is 8.65. The summed E-state index contributed by atoms with van der Waals surface area (Å²) in [5.74, 6) is -0.889. The van der Waals surface area contributed by atoms with Gasteiger partial charge in [-0.05, 0) is 49.1 Å². The molecule has 36 heavy (non-hydrogen) atoms. The number of aryl methyl sites for hydroxylation is 1. The summed E-state index contributed by atoms with van der Waals surface area (Å²) in [5.41, 5.74) is 1.15. The first kappa shape index (κ1) is 25.6. The van der Waals surface area contributed by atoms with Gasteiger partial charge < -0.3 is 10.2 Å². The minimum atomic E-state index is -4.29. The molecule has 0 atom stereocenters. The number of halogens is 2. The highest BCUT2D eigenvalue weighted by molar-refractivity contribution is 7.89. The van der Waals surface area contributed by atoms with Crippen molar-refractivity contribution in [1.29, 1.82) is 5.26 Å². The van der Waals surface area contributed by atoms with Gasteiger partial charge in [0.15, 0.2) is 5.03 Å². The summed E-state index contributed by atoms with van der Waals surface area (Å²) in [6.07, 6.45) is 1.96. The lowest BCUT2D eigenvalue weighted by molar-refractivity contribution is 0.0692. The van der Waals surface area contributed by atoms with Crippen LogP contribution in [-0.4, -0.2) is 37.3 Å². The normalized spacial score (nSPS) is 15.2. The number of piperidine rings is 1. The Morgan fingerprint density at radius 1 is 1.22 bits per heavy atom. The number of carbonyl (C=O) groups excluding carboxylic acids is 1. The fourth-order valence-corrected chi connectivity index (χ4v) is 5.41. The van der Waals surface area contributed by atoms with Crippen LogP contribution in [0.3, 0.4) is 0 Å². The molecule has 0 spiro atoms. The molecule has 4 rings (SSSR count). The molecule has 0 aliphatic carbocycles. The van der Waals surface area contributed by atoms with E-state index in [1.807, 2.05) is 30.3 Å². The summed E-state index contributed by atoms with van der Waals surface area (Å²) in [4.78, 5) is 19.0. The van der Waals surface area contributed by atoms with E-state index in [1.54, 1.807) is 11.8 Å². The molecule has 2 heterocycles. The molecule has 1 amide bonds. The summed E-state index contributed by atoms with van der Waals surface area (Å²) in [6, 6.07) is 15.8. The number of nitrogens with zero attached hydrogens (tertiary/aromatic N) is 3. The molecule has 8 nitrogen and oxygen atoms in total. The Hall–Kier alpha value is -3.52. The highest BCUT2D eigenvalue weighted by Crippen LogP contribution is 2.38. The number of rotatable bonds is 5. The van der Waals surface area contributed by atoms with E-state index in [0.29, 0.717) is 37.2 Å². The maximum Gasteiger partial charge on any atom is 0.257 e. The summed E-state index contributed by atoms with van der Waals surface area (Å²) in [7, 11) is -4.29. The summed E-state index contributed by atoms with van der Waals surface area (Å²) >= 11 is 6.39. The van der Waals surface area contributed by atoms with Crippen molar-refractivity contribution in [3.05, 3.63) is 82.3 Å². The van der Waals surface area contributed by atoms with Crippen LogP contribution in [0, 0.1) is 24.1 Å². The molecule has 3 N–H and O–H groups in total. The molecule has 1 aliphatic rings. The number of likely N-dealkylation sites (tertiary alicyclic amines) is 1. The number of hydrogen-bond donors (Lipinski definition) is 2. The van der Waals surface area contributed by atoms with E-state index in [-0.39, 0.29) is 16.3 Å². The topological polar surface area (TPSA) is 129 Å². The van der Waals surface area contributed by atoms with E-state index >= 15 is 0 Å². The van der Waals surface area contributed by atoms with Crippen LogP contribution < -0.4 is 10.5 Å². The summed E-state index contributed by atoms with van der Waals surface area (Å²) in [6.45, 7) is 2.24. The van der Waals surface area contributed by atoms with Crippen LogP contribution in [-0.2, 0) is 15.4 Å². The van der Waals surface area contributed by atoms with Crippen LogP contribution in [0.15, 0.2) is 59.8 Å². The first-order valence-electron chi connectivity index (χ1n) is 11.1. The second kappa shape index (κ2) is 9.85. The van der Waals surface area contributed by atoms with E-state index in [9.17, 15) is 22.9 Å². The Morgan fingerprint density at radius 3 is 2.47 bits per heavy atom. The third-order valence-electron chi connectivity index (χ3n) is 6.38. The number of anilines is 2. The molecule has 1 saturated heterocycles. The molecule has 1 aliphatic heterocycles. The molecular formula is C25H23ClFN5O3S. The first-order valence-corrected chi connectivity index (χ1v) is 13.0. The fourth-order valence-electron chi connectivity index (χ4n) is 4.34. The molecule has 0 bridgehead atoms.